The van der Waals surface area contributed by atoms with Crippen molar-refractivity contribution >= 4 is 29.3 Å². The van der Waals surface area contributed by atoms with E-state index in [1.165, 1.54) is 11.8 Å². The maximum Gasteiger partial charge on any atom is 0.252 e. The molecule has 1 aromatic carbocycles. The predicted octanol–water partition coefficient (Wildman–Crippen LogP) is 1.37. The molecule has 2 amide bonds. The van der Waals surface area contributed by atoms with Gasteiger partial charge in [-0.2, -0.15) is 0 Å². The van der Waals surface area contributed by atoms with Crippen LogP contribution >= 0.6 is 11.8 Å². The number of thioether (sulfide) groups is 1. The molecule has 2 aliphatic heterocycles. The molecule has 0 spiro atoms. The molecule has 0 radical (unpaired) electrons. The van der Waals surface area contributed by atoms with Crippen molar-refractivity contribution in [1.82, 2.24) is 4.90 Å². The van der Waals surface area contributed by atoms with Crippen LogP contribution in [0, 0.1) is 0 Å². The number of fused-ring (bicyclic) bond motifs is 1. The number of nitrogens with zero attached hydrogens (tertiary/aromatic N) is 2. The zero-order valence-electron chi connectivity index (χ0n) is 12.2. The van der Waals surface area contributed by atoms with Gasteiger partial charge < -0.3 is 14.5 Å². The third-order valence-electron chi connectivity index (χ3n) is 3.96. The number of rotatable bonds is 1. The quantitative estimate of drug-likeness (QED) is 0.735. The van der Waals surface area contributed by atoms with Crippen LogP contribution < -0.4 is 4.90 Å². The first-order valence-electron chi connectivity index (χ1n) is 6.97. The van der Waals surface area contributed by atoms with Crippen LogP contribution in [-0.4, -0.2) is 54.8 Å². The van der Waals surface area contributed by atoms with Crippen LogP contribution in [0.5, 0.6) is 0 Å². The minimum atomic E-state index is -1.10. The summed E-state index contributed by atoms with van der Waals surface area (Å²) < 4.78 is 4.18. The summed E-state index contributed by atoms with van der Waals surface area (Å²) in [6, 6.07) is 7.68. The van der Waals surface area contributed by atoms with Crippen molar-refractivity contribution in [3.63, 3.8) is 0 Å². The first-order chi connectivity index (χ1) is 10.0. The molecule has 0 N–H and O–H groups in total. The predicted molar refractivity (Wildman–Crippen MR) is 81.5 cm³/mol. The molecule has 0 unspecified atom stereocenters. The largest absolute Gasteiger partial charge is 0.378 e. The van der Waals surface area contributed by atoms with Gasteiger partial charge in [0.1, 0.15) is 0 Å². The highest BCUT2D eigenvalue weighted by Gasteiger charge is 2.50. The molecule has 3 rings (SSSR count). The third kappa shape index (κ3) is 2.32. The number of carbonyl (C=O) groups is 2. The molecular weight excluding hydrogens is 288 g/mol. The van der Waals surface area contributed by atoms with E-state index in [2.05, 4.69) is 0 Å². The summed E-state index contributed by atoms with van der Waals surface area (Å²) in [6.07, 6.45) is 0. The summed E-state index contributed by atoms with van der Waals surface area (Å²) in [5.74, 6) is -0.287. The Morgan fingerprint density at radius 1 is 1.29 bits per heavy atom. The minimum Gasteiger partial charge on any atom is -0.378 e. The fraction of sp³-hybridized carbons (Fsp3) is 0.467. The van der Waals surface area contributed by atoms with E-state index in [9.17, 15) is 9.59 Å². The maximum absolute atomic E-state index is 12.8. The molecule has 6 heteroatoms. The zero-order chi connectivity index (χ0) is 15.0. The van der Waals surface area contributed by atoms with Crippen LogP contribution in [0.4, 0.5) is 5.69 Å². The first-order valence-corrected chi connectivity index (χ1v) is 7.79. The van der Waals surface area contributed by atoms with Gasteiger partial charge in [-0.25, -0.2) is 0 Å². The van der Waals surface area contributed by atoms with Crippen LogP contribution in [0.15, 0.2) is 29.2 Å². The van der Waals surface area contributed by atoms with Crippen LogP contribution in [0.3, 0.4) is 0 Å². The lowest BCUT2D eigenvalue weighted by Gasteiger charge is -2.40. The van der Waals surface area contributed by atoms with Gasteiger partial charge in [0.2, 0.25) is 5.91 Å². The fourth-order valence-electron chi connectivity index (χ4n) is 2.72. The normalized spacial score (nSPS) is 25.7. The van der Waals surface area contributed by atoms with Crippen molar-refractivity contribution in [2.75, 3.05) is 38.3 Å². The van der Waals surface area contributed by atoms with E-state index in [0.29, 0.717) is 26.3 Å². The highest BCUT2D eigenvalue weighted by molar-refractivity contribution is 8.02. The molecule has 1 fully saturated rings. The van der Waals surface area contributed by atoms with Crippen LogP contribution in [0.25, 0.3) is 0 Å². The summed E-state index contributed by atoms with van der Waals surface area (Å²) in [4.78, 5) is 29.8. The summed E-state index contributed by atoms with van der Waals surface area (Å²) in [5.41, 5.74) is 0.861. The lowest BCUT2D eigenvalue weighted by Crippen LogP contribution is -2.58. The summed E-state index contributed by atoms with van der Waals surface area (Å²) >= 11 is 1.35. The number of anilines is 1. The fourth-order valence-corrected chi connectivity index (χ4v) is 4.05. The highest BCUT2D eigenvalue weighted by Crippen LogP contribution is 2.45. The van der Waals surface area contributed by atoms with E-state index in [4.69, 9.17) is 4.74 Å². The molecule has 1 aromatic rings. The van der Waals surface area contributed by atoms with Crippen molar-refractivity contribution in [3.05, 3.63) is 24.3 Å². The minimum absolute atomic E-state index is 0.123. The van der Waals surface area contributed by atoms with Crippen LogP contribution in [-0.2, 0) is 14.3 Å². The number of amides is 2. The Morgan fingerprint density at radius 3 is 2.67 bits per heavy atom. The average molecular weight is 306 g/mol. The molecule has 2 aliphatic rings. The van der Waals surface area contributed by atoms with Crippen molar-refractivity contribution in [3.8, 4) is 0 Å². The Kier molecular flexibility index (Phi) is 3.67. The lowest BCUT2D eigenvalue weighted by molar-refractivity contribution is -0.141. The molecule has 1 saturated heterocycles. The molecule has 0 aromatic heterocycles. The van der Waals surface area contributed by atoms with Crippen molar-refractivity contribution in [1.29, 1.82) is 0 Å². The summed E-state index contributed by atoms with van der Waals surface area (Å²) in [7, 11) is 1.73. The Bertz CT molecular complexity index is 586. The van der Waals surface area contributed by atoms with Gasteiger partial charge in [0.05, 0.1) is 18.9 Å². The topological polar surface area (TPSA) is 49.9 Å². The van der Waals surface area contributed by atoms with Gasteiger partial charge in [-0.1, -0.05) is 23.9 Å². The number of carbonyl (C=O) groups excluding carboxylic acids is 2. The first kappa shape index (κ1) is 14.4. The van der Waals surface area contributed by atoms with Gasteiger partial charge in [0, 0.05) is 25.0 Å². The van der Waals surface area contributed by atoms with E-state index in [1.807, 2.05) is 24.3 Å². The van der Waals surface area contributed by atoms with E-state index < -0.39 is 4.75 Å². The maximum atomic E-state index is 12.8. The monoisotopic (exact) mass is 306 g/mol. The molecule has 0 saturated carbocycles. The summed E-state index contributed by atoms with van der Waals surface area (Å²) in [5, 5.41) is 0. The Hall–Kier alpha value is -1.53. The molecule has 21 heavy (non-hydrogen) atoms. The van der Waals surface area contributed by atoms with Gasteiger partial charge in [-0.15, -0.1) is 0 Å². The van der Waals surface area contributed by atoms with Gasteiger partial charge in [0.25, 0.3) is 5.91 Å². The highest BCUT2D eigenvalue weighted by atomic mass is 32.2. The van der Waals surface area contributed by atoms with Crippen molar-refractivity contribution < 1.29 is 14.3 Å². The third-order valence-corrected chi connectivity index (χ3v) is 5.28. The van der Waals surface area contributed by atoms with Gasteiger partial charge in [0.15, 0.2) is 4.75 Å². The van der Waals surface area contributed by atoms with Crippen molar-refractivity contribution in [2.24, 2.45) is 0 Å². The van der Waals surface area contributed by atoms with Gasteiger partial charge in [-0.05, 0) is 19.1 Å². The summed E-state index contributed by atoms with van der Waals surface area (Å²) in [6.45, 7) is 3.89. The van der Waals surface area contributed by atoms with Gasteiger partial charge >= 0.3 is 0 Å². The average Bonchev–Trinajstić information content (AvgIpc) is 2.53. The number of morpholine rings is 1. The molecule has 112 valence electrons. The number of benzene rings is 1. The van der Waals surface area contributed by atoms with E-state index in [1.54, 1.807) is 23.8 Å². The molecule has 5 nitrogen and oxygen atoms in total. The van der Waals surface area contributed by atoms with E-state index in [0.717, 1.165) is 10.6 Å². The second kappa shape index (κ2) is 5.35. The van der Waals surface area contributed by atoms with Crippen LogP contribution in [0.1, 0.15) is 6.92 Å². The molecule has 0 bridgehead atoms. The molecule has 0 aliphatic carbocycles. The SMILES string of the molecule is CN1C(=O)[C@@](C)(C(=O)N2CCOCC2)Sc2ccccc21. The standard InChI is InChI=1S/C15H18N2O3S/c1-15(14(19)17-7-9-20-10-8-17)13(18)16(2)11-5-3-4-6-12(11)21-15/h3-6H,7-10H2,1-2H3/t15-/m0/s1. The Morgan fingerprint density at radius 2 is 1.95 bits per heavy atom. The molecule has 2 heterocycles. The second-order valence-electron chi connectivity index (χ2n) is 5.37. The number of hydrogen-bond acceptors (Lipinski definition) is 4. The van der Waals surface area contributed by atoms with Crippen molar-refractivity contribution in [2.45, 2.75) is 16.6 Å². The van der Waals surface area contributed by atoms with Gasteiger partial charge in [-0.3, -0.25) is 9.59 Å². The number of ether oxygens (including phenoxy) is 1. The Balaban J connectivity index is 1.94. The zero-order valence-corrected chi connectivity index (χ0v) is 13.0. The molecule has 1 atom stereocenters. The van der Waals surface area contributed by atoms with Crippen LogP contribution in [0.2, 0.25) is 0 Å². The van der Waals surface area contributed by atoms with E-state index >= 15 is 0 Å². The number of hydrogen-bond donors (Lipinski definition) is 0. The Labute approximate surface area is 128 Å². The second-order valence-corrected chi connectivity index (χ2v) is 6.83. The van der Waals surface area contributed by atoms with E-state index in [-0.39, 0.29) is 11.8 Å². The number of para-hydroxylation sites is 1. The smallest absolute Gasteiger partial charge is 0.252 e. The lowest BCUT2D eigenvalue weighted by atomic mass is 10.1. The molecular formula is C15H18N2O3S.